The predicted molar refractivity (Wildman–Crippen MR) is 76.0 cm³/mol. The van der Waals surface area contributed by atoms with Gasteiger partial charge >= 0.3 is 4.87 Å². The van der Waals surface area contributed by atoms with E-state index in [2.05, 4.69) is 23.6 Å². The summed E-state index contributed by atoms with van der Waals surface area (Å²) in [5.74, 6) is 0.982. The Balaban J connectivity index is 2.18. The fourth-order valence-electron chi connectivity index (χ4n) is 2.74. The first kappa shape index (κ1) is 14.7. The third-order valence-electron chi connectivity index (χ3n) is 3.76. The van der Waals surface area contributed by atoms with Crippen LogP contribution in [0.15, 0.2) is 9.00 Å². The molecule has 2 rings (SSSR count). The maximum Gasteiger partial charge on any atom is 0.305 e. The number of sulfonamides is 1. The molecule has 0 aromatic carbocycles. The zero-order valence-electron chi connectivity index (χ0n) is 11.4. The summed E-state index contributed by atoms with van der Waals surface area (Å²) in [5, 5.41) is 0. The fourth-order valence-corrected chi connectivity index (χ4v) is 5.44. The lowest BCUT2D eigenvalue weighted by atomic mass is 9.80. The van der Waals surface area contributed by atoms with Crippen LogP contribution in [0.25, 0.3) is 0 Å². The molecule has 0 bridgehead atoms. The quantitative estimate of drug-likeness (QED) is 0.894. The van der Waals surface area contributed by atoms with E-state index < -0.39 is 10.0 Å². The van der Waals surface area contributed by atoms with Crippen molar-refractivity contribution in [2.45, 2.75) is 50.3 Å². The molecule has 1 aliphatic carbocycles. The van der Waals surface area contributed by atoms with Gasteiger partial charge in [-0.05, 0) is 38.0 Å². The molecule has 108 valence electrons. The van der Waals surface area contributed by atoms with Crippen LogP contribution in [0.4, 0.5) is 0 Å². The van der Waals surface area contributed by atoms with E-state index >= 15 is 0 Å². The molecule has 0 spiro atoms. The van der Waals surface area contributed by atoms with Crippen LogP contribution in [0.1, 0.15) is 38.8 Å². The third-order valence-corrected chi connectivity index (χ3v) is 6.86. The Hall–Kier alpha value is -0.660. The van der Waals surface area contributed by atoms with Crippen molar-refractivity contribution in [1.82, 2.24) is 9.71 Å². The molecule has 3 atom stereocenters. The van der Waals surface area contributed by atoms with Crippen LogP contribution in [-0.4, -0.2) is 19.4 Å². The molecule has 0 amide bonds. The van der Waals surface area contributed by atoms with Crippen LogP contribution in [0.3, 0.4) is 0 Å². The van der Waals surface area contributed by atoms with Crippen molar-refractivity contribution in [2.24, 2.45) is 11.8 Å². The Labute approximate surface area is 117 Å². The van der Waals surface area contributed by atoms with Crippen molar-refractivity contribution in [3.63, 3.8) is 0 Å². The number of aryl methyl sites for hydroxylation is 1. The highest BCUT2D eigenvalue weighted by atomic mass is 32.2. The van der Waals surface area contributed by atoms with Gasteiger partial charge in [-0.15, -0.1) is 0 Å². The van der Waals surface area contributed by atoms with Gasteiger partial charge in [-0.25, -0.2) is 13.1 Å². The Morgan fingerprint density at radius 3 is 2.53 bits per heavy atom. The largest absolute Gasteiger partial charge is 0.315 e. The minimum atomic E-state index is -3.58. The Morgan fingerprint density at radius 1 is 1.32 bits per heavy atom. The monoisotopic (exact) mass is 304 g/mol. The topological polar surface area (TPSA) is 79.0 Å². The van der Waals surface area contributed by atoms with E-state index in [9.17, 15) is 13.2 Å². The zero-order valence-corrected chi connectivity index (χ0v) is 13.0. The van der Waals surface area contributed by atoms with Crippen molar-refractivity contribution in [1.29, 1.82) is 0 Å². The number of hydrogen-bond acceptors (Lipinski definition) is 4. The highest BCUT2D eigenvalue weighted by Crippen LogP contribution is 2.30. The van der Waals surface area contributed by atoms with Crippen LogP contribution in [0.5, 0.6) is 0 Å². The predicted octanol–water partition coefficient (Wildman–Crippen LogP) is 1.85. The van der Waals surface area contributed by atoms with Crippen molar-refractivity contribution in [3.05, 3.63) is 15.4 Å². The number of hydrogen-bond donors (Lipinski definition) is 2. The summed E-state index contributed by atoms with van der Waals surface area (Å²) in [6.07, 6.45) is 2.94. The molecule has 1 aromatic heterocycles. The molecule has 0 saturated heterocycles. The van der Waals surface area contributed by atoms with Gasteiger partial charge in [0, 0.05) is 11.7 Å². The Bertz CT molecular complexity index is 603. The van der Waals surface area contributed by atoms with Crippen LogP contribution in [-0.2, 0) is 10.0 Å². The molecule has 2 N–H and O–H groups in total. The molecular weight excluding hydrogens is 284 g/mol. The first-order chi connectivity index (χ1) is 8.79. The van der Waals surface area contributed by atoms with E-state index in [0.717, 1.165) is 30.6 Å². The molecule has 1 saturated carbocycles. The smallest absolute Gasteiger partial charge is 0.305 e. The standard InChI is InChI=1S/C12H20N2O3S2/c1-7-4-5-10(8(2)6-7)14-19(16,17)11-9(3)13-12(15)18-11/h7-8,10,14H,4-6H2,1-3H3,(H,13,15). The number of nitrogens with one attached hydrogen (secondary N) is 2. The Kier molecular flexibility index (Phi) is 4.17. The minimum absolute atomic E-state index is 0.0298. The van der Waals surface area contributed by atoms with Crippen LogP contribution < -0.4 is 9.60 Å². The van der Waals surface area contributed by atoms with Crippen molar-refractivity contribution < 1.29 is 8.42 Å². The molecule has 1 heterocycles. The summed E-state index contributed by atoms with van der Waals surface area (Å²) in [6, 6.07) is -0.0298. The summed E-state index contributed by atoms with van der Waals surface area (Å²) in [5.41, 5.74) is 0.416. The van der Waals surface area contributed by atoms with E-state index in [1.54, 1.807) is 6.92 Å². The molecule has 0 aliphatic heterocycles. The molecule has 3 unspecified atom stereocenters. The van der Waals surface area contributed by atoms with E-state index in [-0.39, 0.29) is 15.1 Å². The Morgan fingerprint density at radius 2 is 2.00 bits per heavy atom. The zero-order chi connectivity index (χ0) is 14.2. The van der Waals surface area contributed by atoms with Gasteiger partial charge in [0.1, 0.15) is 0 Å². The maximum absolute atomic E-state index is 12.3. The lowest BCUT2D eigenvalue weighted by Gasteiger charge is -2.32. The molecule has 1 aliphatic rings. The summed E-state index contributed by atoms with van der Waals surface area (Å²) in [4.78, 5) is 13.4. The number of aromatic nitrogens is 1. The first-order valence-corrected chi connectivity index (χ1v) is 8.81. The van der Waals surface area contributed by atoms with Crippen molar-refractivity contribution >= 4 is 21.4 Å². The summed E-state index contributed by atoms with van der Waals surface area (Å²) in [6.45, 7) is 5.89. The summed E-state index contributed by atoms with van der Waals surface area (Å²) < 4.78 is 27.5. The van der Waals surface area contributed by atoms with E-state index in [0.29, 0.717) is 17.5 Å². The number of aromatic amines is 1. The third kappa shape index (κ3) is 3.27. The highest BCUT2D eigenvalue weighted by molar-refractivity contribution is 7.91. The van der Waals surface area contributed by atoms with Gasteiger partial charge in [0.2, 0.25) is 0 Å². The number of thiazole rings is 1. The second kappa shape index (κ2) is 5.38. The van der Waals surface area contributed by atoms with Gasteiger partial charge in [-0.2, -0.15) is 0 Å². The fraction of sp³-hybridized carbons (Fsp3) is 0.750. The number of H-pyrrole nitrogens is 1. The van der Waals surface area contributed by atoms with Crippen LogP contribution in [0.2, 0.25) is 0 Å². The summed E-state index contributed by atoms with van der Waals surface area (Å²) >= 11 is 0.750. The normalized spacial score (nSPS) is 28.5. The molecule has 1 fully saturated rings. The number of rotatable bonds is 3. The lowest BCUT2D eigenvalue weighted by Crippen LogP contribution is -2.42. The second-order valence-corrected chi connectivity index (χ2v) is 8.44. The van der Waals surface area contributed by atoms with Crippen LogP contribution >= 0.6 is 11.3 Å². The van der Waals surface area contributed by atoms with Crippen molar-refractivity contribution in [2.75, 3.05) is 0 Å². The molecular formula is C12H20N2O3S2. The van der Waals surface area contributed by atoms with E-state index in [1.807, 2.05) is 0 Å². The minimum Gasteiger partial charge on any atom is -0.315 e. The van der Waals surface area contributed by atoms with Crippen LogP contribution in [0, 0.1) is 18.8 Å². The molecule has 1 aromatic rings. The average Bonchev–Trinajstić information content (AvgIpc) is 2.63. The molecule has 7 heteroatoms. The van der Waals surface area contributed by atoms with Gasteiger partial charge < -0.3 is 4.98 Å². The van der Waals surface area contributed by atoms with Gasteiger partial charge in [0.15, 0.2) is 4.21 Å². The molecule has 19 heavy (non-hydrogen) atoms. The second-order valence-electron chi connectivity index (χ2n) is 5.55. The SMILES string of the molecule is Cc1[nH]c(=O)sc1S(=O)(=O)NC1CCC(C)CC1C. The van der Waals surface area contributed by atoms with Gasteiger partial charge in [-0.3, -0.25) is 4.79 Å². The molecule has 0 radical (unpaired) electrons. The first-order valence-electron chi connectivity index (χ1n) is 6.51. The van der Waals surface area contributed by atoms with E-state index in [1.165, 1.54) is 0 Å². The summed E-state index contributed by atoms with van der Waals surface area (Å²) in [7, 11) is -3.58. The van der Waals surface area contributed by atoms with Gasteiger partial charge in [0.05, 0.1) is 0 Å². The van der Waals surface area contributed by atoms with Gasteiger partial charge in [-0.1, -0.05) is 25.2 Å². The maximum atomic E-state index is 12.3. The molecule has 5 nitrogen and oxygen atoms in total. The lowest BCUT2D eigenvalue weighted by molar-refractivity contribution is 0.249. The van der Waals surface area contributed by atoms with E-state index in [4.69, 9.17) is 0 Å². The highest BCUT2D eigenvalue weighted by Gasteiger charge is 2.30. The van der Waals surface area contributed by atoms with Gasteiger partial charge in [0.25, 0.3) is 10.0 Å². The average molecular weight is 304 g/mol. The van der Waals surface area contributed by atoms with Crippen molar-refractivity contribution in [3.8, 4) is 0 Å².